The Bertz CT molecular complexity index is 1180. The molecule has 0 aliphatic carbocycles. The van der Waals surface area contributed by atoms with Gasteiger partial charge in [-0.05, 0) is 36.8 Å². The number of aromatic nitrogens is 1. The molecule has 158 valence electrons. The summed E-state index contributed by atoms with van der Waals surface area (Å²) in [4.78, 5) is 19.7. The van der Waals surface area contributed by atoms with Crippen molar-refractivity contribution in [3.05, 3.63) is 57.8 Å². The third-order valence-corrected chi connectivity index (χ3v) is 8.76. The first-order valence-corrected chi connectivity index (χ1v) is 12.3. The number of nitrogens with one attached hydrogen (secondary N) is 2. The quantitative estimate of drug-likeness (QED) is 0.585. The summed E-state index contributed by atoms with van der Waals surface area (Å²) in [5, 5.41) is 2.49. The van der Waals surface area contributed by atoms with E-state index in [-0.39, 0.29) is 17.1 Å². The summed E-state index contributed by atoms with van der Waals surface area (Å²) in [5.41, 5.74) is 2.02. The highest BCUT2D eigenvalue weighted by Crippen LogP contribution is 2.37. The van der Waals surface area contributed by atoms with Crippen LogP contribution in [0.1, 0.15) is 17.3 Å². The van der Waals surface area contributed by atoms with Crippen molar-refractivity contribution in [2.24, 2.45) is 0 Å². The Hall–Kier alpha value is -1.89. The predicted octanol–water partition coefficient (Wildman–Crippen LogP) is 3.88. The topological polar surface area (TPSA) is 91.4 Å². The van der Waals surface area contributed by atoms with E-state index >= 15 is 0 Å². The average Bonchev–Trinajstić information content (AvgIpc) is 3.38. The number of amides is 1. The molecule has 12 heteroatoms. The number of halogens is 2. The van der Waals surface area contributed by atoms with Crippen LogP contribution in [-0.2, 0) is 15.0 Å². The molecule has 1 aliphatic rings. The second-order valence-electron chi connectivity index (χ2n) is 6.63. The van der Waals surface area contributed by atoms with Crippen molar-refractivity contribution in [3.8, 4) is 9.75 Å². The van der Waals surface area contributed by atoms with Gasteiger partial charge in [0.2, 0.25) is 5.91 Å². The van der Waals surface area contributed by atoms with E-state index in [4.69, 9.17) is 11.6 Å². The van der Waals surface area contributed by atoms with Gasteiger partial charge in [-0.1, -0.05) is 11.6 Å². The molecular weight excluding hydrogens is 471 g/mol. The van der Waals surface area contributed by atoms with E-state index in [2.05, 4.69) is 15.0 Å². The minimum Gasteiger partial charge on any atom is -0.325 e. The highest BCUT2D eigenvalue weighted by molar-refractivity contribution is 7.87. The number of hydrogen-bond acceptors (Lipinski definition) is 6. The number of anilines is 1. The Kier molecular flexibility index (Phi) is 5.93. The normalized spacial score (nSPS) is 21.4. The summed E-state index contributed by atoms with van der Waals surface area (Å²) < 4.78 is 42.2. The van der Waals surface area contributed by atoms with Crippen molar-refractivity contribution in [1.29, 1.82) is 0 Å². The maximum atomic E-state index is 13.4. The maximum absolute atomic E-state index is 13.4. The van der Waals surface area contributed by atoms with Gasteiger partial charge in [-0.3, -0.25) is 9.78 Å². The van der Waals surface area contributed by atoms with Gasteiger partial charge in [0.05, 0.1) is 21.5 Å². The van der Waals surface area contributed by atoms with Crippen LogP contribution in [0.2, 0.25) is 5.02 Å². The predicted molar refractivity (Wildman–Crippen MR) is 116 cm³/mol. The fraction of sp³-hybridized carbons (Fsp3) is 0.222. The molecule has 2 atom stereocenters. The molecule has 3 heterocycles. The molecular formula is C18H16ClFN4O3S3. The number of hydrogen-bond donors (Lipinski definition) is 2. The molecule has 0 spiro atoms. The van der Waals surface area contributed by atoms with Crippen molar-refractivity contribution < 1.29 is 17.6 Å². The molecule has 0 saturated carbocycles. The summed E-state index contributed by atoms with van der Waals surface area (Å²) >= 11 is 8.71. The molecule has 2 N–H and O–H groups in total. The standard InChI is InChI=1S/C18H16ClFN4O3S3/c1-24-14(18(25)22-10-2-3-12(20)11(19)6-10)7-13(23-30(24,26)27)15-4-5-16(29-15)17-8-21-9-28-17/h2-6,8-9,13-14,23H,7H2,1H3,(H,22,25)/t13-,14+/m0/s1. The third-order valence-electron chi connectivity index (χ3n) is 4.70. The van der Waals surface area contributed by atoms with Crippen molar-refractivity contribution in [1.82, 2.24) is 14.0 Å². The van der Waals surface area contributed by atoms with Gasteiger partial charge < -0.3 is 5.32 Å². The summed E-state index contributed by atoms with van der Waals surface area (Å²) in [7, 11) is -2.53. The molecule has 0 unspecified atom stereocenters. The van der Waals surface area contributed by atoms with Gasteiger partial charge in [0, 0.05) is 28.7 Å². The van der Waals surface area contributed by atoms with Gasteiger partial charge in [-0.2, -0.15) is 17.4 Å². The van der Waals surface area contributed by atoms with Crippen LogP contribution in [0.25, 0.3) is 9.75 Å². The summed E-state index contributed by atoms with van der Waals surface area (Å²) in [6.07, 6.45) is 1.99. The molecule has 7 nitrogen and oxygen atoms in total. The highest BCUT2D eigenvalue weighted by atomic mass is 35.5. The van der Waals surface area contributed by atoms with Crippen LogP contribution >= 0.6 is 34.3 Å². The zero-order valence-corrected chi connectivity index (χ0v) is 18.7. The fourth-order valence-electron chi connectivity index (χ4n) is 3.11. The summed E-state index contributed by atoms with van der Waals surface area (Å²) in [6, 6.07) is 6.05. The number of likely N-dealkylation sites (N-methyl/N-ethyl adjacent to an activating group) is 1. The van der Waals surface area contributed by atoms with Crippen molar-refractivity contribution in [3.63, 3.8) is 0 Å². The number of benzene rings is 1. The molecule has 0 bridgehead atoms. The lowest BCUT2D eigenvalue weighted by molar-refractivity contribution is -0.120. The lowest BCUT2D eigenvalue weighted by atomic mass is 10.1. The first-order valence-electron chi connectivity index (χ1n) is 8.74. The molecule has 0 radical (unpaired) electrons. The van der Waals surface area contributed by atoms with Crippen LogP contribution in [0.3, 0.4) is 0 Å². The summed E-state index contributed by atoms with van der Waals surface area (Å²) in [5.74, 6) is -1.12. The zero-order valence-electron chi connectivity index (χ0n) is 15.5. The van der Waals surface area contributed by atoms with Gasteiger partial charge in [-0.15, -0.1) is 22.7 Å². The Balaban J connectivity index is 1.57. The van der Waals surface area contributed by atoms with Crippen LogP contribution in [0, 0.1) is 5.82 Å². The number of thiazole rings is 1. The average molecular weight is 487 g/mol. The molecule has 4 rings (SSSR count). The van der Waals surface area contributed by atoms with Crippen LogP contribution in [0.5, 0.6) is 0 Å². The van der Waals surface area contributed by atoms with Crippen molar-refractivity contribution in [2.75, 3.05) is 12.4 Å². The molecule has 1 aliphatic heterocycles. The molecule has 1 amide bonds. The first-order chi connectivity index (χ1) is 14.2. The SMILES string of the molecule is CN1[C@@H](C(=O)Nc2ccc(F)c(Cl)c2)C[C@@H](c2ccc(-c3cncs3)s2)NS1(=O)=O. The van der Waals surface area contributed by atoms with Crippen molar-refractivity contribution >= 4 is 56.1 Å². The largest absolute Gasteiger partial charge is 0.325 e. The number of nitrogens with zero attached hydrogens (tertiary/aromatic N) is 2. The van der Waals surface area contributed by atoms with Crippen LogP contribution in [-0.4, -0.2) is 36.7 Å². The Labute approximate surface area is 185 Å². The van der Waals surface area contributed by atoms with Gasteiger partial charge in [0.15, 0.2) is 0 Å². The number of thiophene rings is 1. The molecule has 1 aromatic carbocycles. The summed E-state index contributed by atoms with van der Waals surface area (Å²) in [6.45, 7) is 0. The molecule has 1 saturated heterocycles. The van der Waals surface area contributed by atoms with Crippen LogP contribution in [0.4, 0.5) is 10.1 Å². The zero-order chi connectivity index (χ0) is 21.5. The van der Waals surface area contributed by atoms with Gasteiger partial charge >= 0.3 is 0 Å². The Morgan fingerprint density at radius 3 is 2.83 bits per heavy atom. The monoisotopic (exact) mass is 486 g/mol. The van der Waals surface area contributed by atoms with Gasteiger partial charge in [-0.25, -0.2) is 4.39 Å². The van der Waals surface area contributed by atoms with E-state index in [0.29, 0.717) is 0 Å². The van der Waals surface area contributed by atoms with E-state index in [1.807, 2.05) is 12.1 Å². The Morgan fingerprint density at radius 2 is 2.13 bits per heavy atom. The van der Waals surface area contributed by atoms with E-state index < -0.39 is 34.0 Å². The lowest BCUT2D eigenvalue weighted by Gasteiger charge is -2.35. The Morgan fingerprint density at radius 1 is 1.33 bits per heavy atom. The maximum Gasteiger partial charge on any atom is 0.280 e. The molecule has 2 aromatic heterocycles. The molecule has 1 fully saturated rings. The second kappa shape index (κ2) is 8.33. The first kappa shape index (κ1) is 21.3. The van der Waals surface area contributed by atoms with E-state index in [1.165, 1.54) is 41.9 Å². The minimum atomic E-state index is -3.87. The third kappa shape index (κ3) is 4.27. The van der Waals surface area contributed by atoms with Gasteiger partial charge in [0.25, 0.3) is 10.2 Å². The number of carbonyl (C=O) groups is 1. The molecule has 30 heavy (non-hydrogen) atoms. The lowest BCUT2D eigenvalue weighted by Crippen LogP contribution is -2.55. The van der Waals surface area contributed by atoms with Crippen molar-refractivity contribution in [2.45, 2.75) is 18.5 Å². The number of carbonyl (C=O) groups excluding carboxylic acids is 1. The second-order valence-corrected chi connectivity index (χ2v) is 10.8. The minimum absolute atomic E-state index is 0.133. The van der Waals surface area contributed by atoms with E-state index in [9.17, 15) is 17.6 Å². The smallest absolute Gasteiger partial charge is 0.280 e. The highest BCUT2D eigenvalue weighted by Gasteiger charge is 2.41. The fourth-order valence-corrected chi connectivity index (χ4v) is 6.41. The van der Waals surface area contributed by atoms with E-state index in [0.717, 1.165) is 25.0 Å². The number of rotatable bonds is 4. The van der Waals surface area contributed by atoms with Crippen LogP contribution in [0.15, 0.2) is 42.0 Å². The van der Waals surface area contributed by atoms with Crippen LogP contribution < -0.4 is 10.0 Å². The van der Waals surface area contributed by atoms with E-state index in [1.54, 1.807) is 11.7 Å². The molecule has 3 aromatic rings. The van der Waals surface area contributed by atoms with Gasteiger partial charge in [0.1, 0.15) is 11.9 Å².